The van der Waals surface area contributed by atoms with Gasteiger partial charge >= 0.3 is 5.97 Å². The number of hydrogen-bond donors (Lipinski definition) is 1. The summed E-state index contributed by atoms with van der Waals surface area (Å²) in [7, 11) is 0. The Morgan fingerprint density at radius 3 is 2.38 bits per heavy atom. The third-order valence-electron chi connectivity index (χ3n) is 5.34. The largest absolute Gasteiger partial charge is 0.478 e. The van der Waals surface area contributed by atoms with E-state index >= 15 is 0 Å². The van der Waals surface area contributed by atoms with Crippen molar-refractivity contribution in [3.05, 3.63) is 73.3 Å². The Bertz CT molecular complexity index is 1250. The summed E-state index contributed by atoms with van der Waals surface area (Å²) < 4.78 is 3.53. The van der Waals surface area contributed by atoms with Crippen LogP contribution in [0.5, 0.6) is 0 Å². The van der Waals surface area contributed by atoms with Gasteiger partial charge in [-0.15, -0.1) is 0 Å². The molecule has 2 aromatic carbocycles. The average molecular weight is 411 g/mol. The van der Waals surface area contributed by atoms with Gasteiger partial charge in [0.05, 0.1) is 27.1 Å². The third-order valence-corrected chi connectivity index (χ3v) is 5.72. The smallest absolute Gasteiger partial charge is 0.335 e. The molecule has 1 saturated carbocycles. The number of nitrogens with zero attached hydrogens (tertiary/aromatic N) is 3. The van der Waals surface area contributed by atoms with Gasteiger partial charge in [0.1, 0.15) is 0 Å². The summed E-state index contributed by atoms with van der Waals surface area (Å²) in [5.74, 6) is -1.07. The number of aromatic carboxylic acids is 1. The SMILES string of the molecule is O=C(O)c1ccc(-n2c(=O)c3cc([N+](=O)[O-])ccc3n(C3CCCC3)c2=S)cc1. The number of non-ortho nitro benzene ring substituents is 1. The Morgan fingerprint density at radius 1 is 1.14 bits per heavy atom. The number of hydrogen-bond acceptors (Lipinski definition) is 5. The Kier molecular flexibility index (Phi) is 4.75. The molecular weight excluding hydrogens is 394 g/mol. The van der Waals surface area contributed by atoms with Gasteiger partial charge in [-0.1, -0.05) is 12.8 Å². The van der Waals surface area contributed by atoms with Gasteiger partial charge in [0.15, 0.2) is 4.77 Å². The molecule has 0 aliphatic heterocycles. The lowest BCUT2D eigenvalue weighted by molar-refractivity contribution is -0.384. The lowest BCUT2D eigenvalue weighted by Gasteiger charge is -2.21. The number of carbonyl (C=O) groups is 1. The molecule has 0 bridgehead atoms. The van der Waals surface area contributed by atoms with Crippen LogP contribution >= 0.6 is 12.2 Å². The van der Waals surface area contributed by atoms with Crippen LogP contribution in [0.3, 0.4) is 0 Å². The maximum absolute atomic E-state index is 13.3. The summed E-state index contributed by atoms with van der Waals surface area (Å²) in [6, 6.07) is 10.2. The first-order valence-corrected chi connectivity index (χ1v) is 9.59. The minimum absolute atomic E-state index is 0.0906. The number of carboxylic acid groups (broad SMARTS) is 1. The van der Waals surface area contributed by atoms with E-state index in [1.807, 2.05) is 4.57 Å². The fourth-order valence-electron chi connectivity index (χ4n) is 3.93. The van der Waals surface area contributed by atoms with Crippen molar-refractivity contribution >= 4 is 34.8 Å². The van der Waals surface area contributed by atoms with Crippen molar-refractivity contribution in [2.24, 2.45) is 0 Å². The first-order chi connectivity index (χ1) is 13.9. The highest BCUT2D eigenvalue weighted by Gasteiger charge is 2.23. The highest BCUT2D eigenvalue weighted by molar-refractivity contribution is 7.71. The molecule has 1 N–H and O–H groups in total. The van der Waals surface area contributed by atoms with Crippen LogP contribution < -0.4 is 5.56 Å². The molecule has 29 heavy (non-hydrogen) atoms. The monoisotopic (exact) mass is 411 g/mol. The molecule has 0 spiro atoms. The molecule has 0 unspecified atom stereocenters. The maximum atomic E-state index is 13.3. The van der Waals surface area contributed by atoms with Crippen molar-refractivity contribution in [3.63, 3.8) is 0 Å². The first-order valence-electron chi connectivity index (χ1n) is 9.18. The van der Waals surface area contributed by atoms with Gasteiger partial charge in [0.2, 0.25) is 0 Å². The van der Waals surface area contributed by atoms with Crippen LogP contribution in [0.25, 0.3) is 16.6 Å². The summed E-state index contributed by atoms with van der Waals surface area (Å²) in [6.07, 6.45) is 3.92. The van der Waals surface area contributed by atoms with Gasteiger partial charge in [-0.25, -0.2) is 4.79 Å². The van der Waals surface area contributed by atoms with Crippen LogP contribution in [-0.4, -0.2) is 25.1 Å². The molecular formula is C20H17N3O5S. The number of benzene rings is 2. The molecule has 0 atom stereocenters. The normalized spacial score (nSPS) is 14.3. The first kappa shape index (κ1) is 19.0. The summed E-state index contributed by atoms with van der Waals surface area (Å²) >= 11 is 5.67. The lowest BCUT2D eigenvalue weighted by Crippen LogP contribution is -2.26. The molecule has 0 radical (unpaired) electrons. The topological polar surface area (TPSA) is 107 Å². The molecule has 148 valence electrons. The minimum atomic E-state index is -1.07. The molecule has 4 rings (SSSR count). The Labute approximate surface area is 169 Å². The van der Waals surface area contributed by atoms with Crippen LogP contribution in [0.15, 0.2) is 47.3 Å². The summed E-state index contributed by atoms with van der Waals surface area (Å²) in [5.41, 5.74) is 0.456. The van der Waals surface area contributed by atoms with E-state index in [0.29, 0.717) is 16.0 Å². The van der Waals surface area contributed by atoms with Crippen LogP contribution in [0, 0.1) is 14.9 Å². The highest BCUT2D eigenvalue weighted by Crippen LogP contribution is 2.33. The summed E-state index contributed by atoms with van der Waals surface area (Å²) in [5, 5.41) is 20.6. The van der Waals surface area contributed by atoms with Gasteiger partial charge in [-0.05, 0) is 55.4 Å². The molecule has 1 aromatic heterocycles. The lowest BCUT2D eigenvalue weighted by atomic mass is 10.1. The Hall–Kier alpha value is -3.33. The highest BCUT2D eigenvalue weighted by atomic mass is 32.1. The zero-order chi connectivity index (χ0) is 20.7. The second-order valence-corrected chi connectivity index (χ2v) is 7.41. The number of nitro groups is 1. The van der Waals surface area contributed by atoms with Crippen molar-refractivity contribution < 1.29 is 14.8 Å². The molecule has 1 heterocycles. The van der Waals surface area contributed by atoms with E-state index in [-0.39, 0.29) is 22.7 Å². The predicted molar refractivity (Wildman–Crippen MR) is 109 cm³/mol. The van der Waals surface area contributed by atoms with Gasteiger partial charge in [-0.3, -0.25) is 19.5 Å². The molecule has 1 fully saturated rings. The van der Waals surface area contributed by atoms with E-state index in [9.17, 15) is 19.7 Å². The molecule has 8 nitrogen and oxygen atoms in total. The van der Waals surface area contributed by atoms with Crippen molar-refractivity contribution in [1.29, 1.82) is 0 Å². The standard InChI is InChI=1S/C20H17N3O5S/c24-18-16-11-15(23(27)28)9-10-17(16)21(13-3-1-2-4-13)20(29)22(18)14-7-5-12(6-8-14)19(25)26/h5-11,13H,1-4H2,(H,25,26). The number of fused-ring (bicyclic) bond motifs is 1. The van der Waals surface area contributed by atoms with Gasteiger partial charge in [0.25, 0.3) is 11.2 Å². The molecule has 1 aliphatic rings. The van der Waals surface area contributed by atoms with E-state index in [2.05, 4.69) is 0 Å². The predicted octanol–water partition coefficient (Wildman–Crippen LogP) is 4.24. The summed E-state index contributed by atoms with van der Waals surface area (Å²) in [6.45, 7) is 0. The molecule has 1 aliphatic carbocycles. The number of aromatic nitrogens is 2. The van der Waals surface area contributed by atoms with Gasteiger partial charge in [-0.2, -0.15) is 0 Å². The van der Waals surface area contributed by atoms with Crippen LogP contribution in [0.4, 0.5) is 5.69 Å². The second kappa shape index (κ2) is 7.25. The van der Waals surface area contributed by atoms with Crippen molar-refractivity contribution in [1.82, 2.24) is 9.13 Å². The third kappa shape index (κ3) is 3.23. The molecule has 0 amide bonds. The van der Waals surface area contributed by atoms with E-state index in [1.165, 1.54) is 41.0 Å². The van der Waals surface area contributed by atoms with Gasteiger partial charge in [0, 0.05) is 18.2 Å². The zero-order valence-corrected chi connectivity index (χ0v) is 16.1. The number of nitro benzene ring substituents is 1. The number of carboxylic acids is 1. The maximum Gasteiger partial charge on any atom is 0.335 e. The van der Waals surface area contributed by atoms with Crippen molar-refractivity contribution in [3.8, 4) is 5.69 Å². The minimum Gasteiger partial charge on any atom is -0.478 e. The molecule has 9 heteroatoms. The Morgan fingerprint density at radius 2 is 1.79 bits per heavy atom. The fourth-order valence-corrected chi connectivity index (χ4v) is 4.37. The molecule has 0 saturated heterocycles. The van der Waals surface area contributed by atoms with Gasteiger partial charge < -0.3 is 9.67 Å². The van der Waals surface area contributed by atoms with Crippen molar-refractivity contribution in [2.45, 2.75) is 31.7 Å². The van der Waals surface area contributed by atoms with Crippen LogP contribution in [0.1, 0.15) is 42.1 Å². The second-order valence-electron chi connectivity index (χ2n) is 7.04. The van der Waals surface area contributed by atoms with E-state index in [4.69, 9.17) is 17.3 Å². The van der Waals surface area contributed by atoms with Crippen LogP contribution in [0.2, 0.25) is 0 Å². The van der Waals surface area contributed by atoms with Crippen LogP contribution in [-0.2, 0) is 0 Å². The summed E-state index contributed by atoms with van der Waals surface area (Å²) in [4.78, 5) is 35.1. The fraction of sp³-hybridized carbons (Fsp3) is 0.250. The molecule has 3 aromatic rings. The Balaban J connectivity index is 2.05. The quantitative estimate of drug-likeness (QED) is 0.391. The van der Waals surface area contributed by atoms with E-state index < -0.39 is 16.5 Å². The van der Waals surface area contributed by atoms with E-state index in [1.54, 1.807) is 6.07 Å². The zero-order valence-electron chi connectivity index (χ0n) is 15.3. The number of rotatable bonds is 4. The average Bonchev–Trinajstić information content (AvgIpc) is 3.22. The van der Waals surface area contributed by atoms with Crippen molar-refractivity contribution in [2.75, 3.05) is 0 Å². The van der Waals surface area contributed by atoms with E-state index in [0.717, 1.165) is 25.7 Å².